The SMILES string of the molecule is Cc1c(CCC(=O)OCC(C)(C)C2OCC3(CO2)COC(C(C)(C)COC(=O)CCc2cccc(C(C)(C)C)c2C)OC3)cccc1C(C)(C)C. The van der Waals surface area contributed by atoms with Crippen LogP contribution in [0.2, 0.25) is 0 Å². The van der Waals surface area contributed by atoms with E-state index in [9.17, 15) is 9.59 Å². The average molecular weight is 709 g/mol. The van der Waals surface area contributed by atoms with Crippen molar-refractivity contribution >= 4 is 11.9 Å². The molecule has 0 aliphatic carbocycles. The molecule has 2 heterocycles. The Kier molecular flexibility index (Phi) is 12.9. The van der Waals surface area contributed by atoms with Gasteiger partial charge in [-0.1, -0.05) is 106 Å². The molecule has 8 heteroatoms. The highest BCUT2D eigenvalue weighted by atomic mass is 16.7. The van der Waals surface area contributed by atoms with Gasteiger partial charge < -0.3 is 28.4 Å². The van der Waals surface area contributed by atoms with Gasteiger partial charge in [-0.25, -0.2) is 0 Å². The quantitative estimate of drug-likeness (QED) is 0.204. The van der Waals surface area contributed by atoms with E-state index in [1.807, 2.05) is 27.7 Å². The van der Waals surface area contributed by atoms with E-state index in [4.69, 9.17) is 28.4 Å². The number of ether oxygens (including phenoxy) is 6. The normalized spacial score (nSPS) is 21.8. The number of aryl methyl sites for hydroxylation is 2. The fourth-order valence-electron chi connectivity index (χ4n) is 7.08. The summed E-state index contributed by atoms with van der Waals surface area (Å²) in [4.78, 5) is 25.5. The Bertz CT molecular complexity index is 1380. The first kappa shape index (κ1) is 41.0. The molecule has 0 amide bonds. The van der Waals surface area contributed by atoms with Gasteiger partial charge >= 0.3 is 11.9 Å². The molecule has 2 saturated heterocycles. The molecule has 2 aliphatic rings. The summed E-state index contributed by atoms with van der Waals surface area (Å²) in [6, 6.07) is 12.6. The third kappa shape index (κ3) is 10.6. The van der Waals surface area contributed by atoms with Crippen molar-refractivity contribution in [1.29, 1.82) is 0 Å². The summed E-state index contributed by atoms with van der Waals surface area (Å²) in [7, 11) is 0. The van der Waals surface area contributed by atoms with Crippen LogP contribution >= 0.6 is 0 Å². The van der Waals surface area contributed by atoms with Crippen molar-refractivity contribution in [3.8, 4) is 0 Å². The molecule has 2 aromatic carbocycles. The predicted molar refractivity (Wildman–Crippen MR) is 200 cm³/mol. The highest BCUT2D eigenvalue weighted by Gasteiger charge is 2.48. The van der Waals surface area contributed by atoms with E-state index >= 15 is 0 Å². The van der Waals surface area contributed by atoms with Crippen LogP contribution in [0.3, 0.4) is 0 Å². The van der Waals surface area contributed by atoms with Gasteiger partial charge in [0.25, 0.3) is 0 Å². The molecule has 2 aliphatic heterocycles. The molecule has 0 bridgehead atoms. The smallest absolute Gasteiger partial charge is 0.306 e. The molecule has 4 rings (SSSR count). The summed E-state index contributed by atoms with van der Waals surface area (Å²) in [5, 5.41) is 0. The molecular weight excluding hydrogens is 644 g/mol. The van der Waals surface area contributed by atoms with Crippen molar-refractivity contribution in [2.45, 2.75) is 132 Å². The molecule has 0 radical (unpaired) electrons. The summed E-state index contributed by atoms with van der Waals surface area (Å²) < 4.78 is 36.3. The van der Waals surface area contributed by atoms with Crippen molar-refractivity contribution < 1.29 is 38.0 Å². The number of carbonyl (C=O) groups is 2. The van der Waals surface area contributed by atoms with Crippen molar-refractivity contribution in [2.75, 3.05) is 39.6 Å². The third-order valence-corrected chi connectivity index (χ3v) is 10.4. The van der Waals surface area contributed by atoms with Crippen LogP contribution in [0.1, 0.15) is 115 Å². The lowest BCUT2D eigenvalue weighted by Crippen LogP contribution is -2.57. The number of hydrogen-bond acceptors (Lipinski definition) is 8. The summed E-state index contributed by atoms with van der Waals surface area (Å²) in [5.41, 5.74) is 6.00. The second-order valence-corrected chi connectivity index (χ2v) is 18.4. The van der Waals surface area contributed by atoms with Gasteiger partial charge in [-0.05, 0) is 70.9 Å². The van der Waals surface area contributed by atoms with E-state index in [1.165, 1.54) is 33.4 Å². The Hall–Kier alpha value is -2.78. The van der Waals surface area contributed by atoms with E-state index in [0.29, 0.717) is 52.1 Å². The molecule has 0 atom stereocenters. The number of rotatable bonds is 12. The van der Waals surface area contributed by atoms with Gasteiger partial charge in [-0.15, -0.1) is 0 Å². The maximum atomic E-state index is 12.8. The Labute approximate surface area is 307 Å². The molecule has 284 valence electrons. The molecule has 2 fully saturated rings. The minimum absolute atomic E-state index is 0.0494. The summed E-state index contributed by atoms with van der Waals surface area (Å²) in [6.07, 6.45) is 0.848. The molecule has 2 aromatic rings. The number of esters is 2. The molecule has 0 N–H and O–H groups in total. The van der Waals surface area contributed by atoms with Crippen molar-refractivity contribution in [2.24, 2.45) is 16.2 Å². The minimum Gasteiger partial charge on any atom is -0.465 e. The number of benzene rings is 2. The zero-order chi connectivity index (χ0) is 37.8. The van der Waals surface area contributed by atoms with Crippen LogP contribution in [0.15, 0.2) is 36.4 Å². The maximum absolute atomic E-state index is 12.8. The molecule has 1 spiro atoms. The predicted octanol–water partition coefficient (Wildman–Crippen LogP) is 8.33. The topological polar surface area (TPSA) is 89.5 Å². The van der Waals surface area contributed by atoms with Crippen LogP contribution < -0.4 is 0 Å². The lowest BCUT2D eigenvalue weighted by Gasteiger charge is -2.48. The zero-order valence-corrected chi connectivity index (χ0v) is 33.5. The molecule has 8 nitrogen and oxygen atoms in total. The number of carbonyl (C=O) groups excluding carboxylic acids is 2. The standard InChI is InChI=1S/C43H64O8/c1-29-31(15-13-17-33(29)39(3,4)5)19-21-35(44)46-23-41(9,10)37-48-25-43(26-49-37)27-50-38(51-28-43)42(11,12)24-47-36(45)22-20-32-16-14-18-34(30(32)2)40(6,7)8/h13-18,37-38H,19-28H2,1-12H3. The van der Waals surface area contributed by atoms with Gasteiger partial charge in [-0.2, -0.15) is 0 Å². The second kappa shape index (κ2) is 16.1. The van der Waals surface area contributed by atoms with Crippen LogP contribution in [0.25, 0.3) is 0 Å². The van der Waals surface area contributed by atoms with Crippen LogP contribution in [-0.2, 0) is 61.7 Å². The Morgan fingerprint density at radius 1 is 0.608 bits per heavy atom. The average Bonchev–Trinajstić information content (AvgIpc) is 3.05. The fourth-order valence-corrected chi connectivity index (χ4v) is 7.08. The van der Waals surface area contributed by atoms with Gasteiger partial charge in [0.2, 0.25) is 0 Å². The van der Waals surface area contributed by atoms with Crippen LogP contribution in [0.4, 0.5) is 0 Å². The van der Waals surface area contributed by atoms with Gasteiger partial charge in [0.05, 0.1) is 31.8 Å². The maximum Gasteiger partial charge on any atom is 0.306 e. The first-order valence-corrected chi connectivity index (χ1v) is 18.6. The van der Waals surface area contributed by atoms with Crippen molar-refractivity contribution in [3.63, 3.8) is 0 Å². The van der Waals surface area contributed by atoms with Gasteiger partial charge in [-0.3, -0.25) is 9.59 Å². The van der Waals surface area contributed by atoms with Crippen molar-refractivity contribution in [3.05, 3.63) is 69.8 Å². The highest BCUT2D eigenvalue weighted by Crippen LogP contribution is 2.39. The Balaban J connectivity index is 1.18. The van der Waals surface area contributed by atoms with Crippen molar-refractivity contribution in [1.82, 2.24) is 0 Å². The first-order chi connectivity index (χ1) is 23.6. The largest absolute Gasteiger partial charge is 0.465 e. The van der Waals surface area contributed by atoms with E-state index in [-0.39, 0.29) is 36.0 Å². The van der Waals surface area contributed by atoms with Crippen LogP contribution in [-0.4, -0.2) is 64.2 Å². The molecular formula is C43H64O8. The third-order valence-electron chi connectivity index (χ3n) is 10.4. The lowest BCUT2D eigenvalue weighted by atomic mass is 9.82. The lowest BCUT2D eigenvalue weighted by molar-refractivity contribution is -0.337. The van der Waals surface area contributed by atoms with E-state index in [1.54, 1.807) is 0 Å². The first-order valence-electron chi connectivity index (χ1n) is 18.6. The van der Waals surface area contributed by atoms with Crippen LogP contribution in [0, 0.1) is 30.1 Å². The summed E-state index contributed by atoms with van der Waals surface area (Å²) in [6.45, 7) is 27.4. The van der Waals surface area contributed by atoms with Gasteiger partial charge in [0.1, 0.15) is 13.2 Å². The Morgan fingerprint density at radius 2 is 0.941 bits per heavy atom. The zero-order valence-electron chi connectivity index (χ0n) is 33.5. The number of hydrogen-bond donors (Lipinski definition) is 0. The second-order valence-electron chi connectivity index (χ2n) is 18.4. The molecule has 0 aromatic heterocycles. The summed E-state index contributed by atoms with van der Waals surface area (Å²) >= 11 is 0. The molecule has 0 unspecified atom stereocenters. The van der Waals surface area contributed by atoms with Crippen LogP contribution in [0.5, 0.6) is 0 Å². The summed E-state index contributed by atoms with van der Waals surface area (Å²) in [5.74, 6) is -0.462. The molecule has 51 heavy (non-hydrogen) atoms. The monoisotopic (exact) mass is 708 g/mol. The molecule has 0 saturated carbocycles. The van der Waals surface area contributed by atoms with E-state index < -0.39 is 28.8 Å². The fraction of sp³-hybridized carbons (Fsp3) is 0.674. The Morgan fingerprint density at radius 3 is 1.25 bits per heavy atom. The van der Waals surface area contributed by atoms with Gasteiger partial charge in [0, 0.05) is 23.7 Å². The highest BCUT2D eigenvalue weighted by molar-refractivity contribution is 5.70. The van der Waals surface area contributed by atoms with Gasteiger partial charge in [0.15, 0.2) is 12.6 Å². The van der Waals surface area contributed by atoms with E-state index in [0.717, 1.165) is 0 Å². The minimum atomic E-state index is -0.543. The van der Waals surface area contributed by atoms with E-state index in [2.05, 4.69) is 91.8 Å².